The number of halogens is 2. The van der Waals surface area contributed by atoms with E-state index in [4.69, 9.17) is 16.3 Å². The Bertz CT molecular complexity index is 999. The molecule has 1 fully saturated rings. The molecule has 0 aliphatic carbocycles. The molecule has 0 unspecified atom stereocenters. The average molecular weight is 449 g/mol. The number of amides is 5. The maximum absolute atomic E-state index is 13.1. The van der Waals surface area contributed by atoms with Crippen molar-refractivity contribution in [2.75, 3.05) is 30.3 Å². The van der Waals surface area contributed by atoms with Gasteiger partial charge in [-0.1, -0.05) is 11.6 Å². The Morgan fingerprint density at radius 1 is 1.06 bits per heavy atom. The summed E-state index contributed by atoms with van der Waals surface area (Å²) >= 11 is 5.65. The molecule has 1 aliphatic heterocycles. The van der Waals surface area contributed by atoms with Crippen molar-refractivity contribution in [1.29, 1.82) is 0 Å². The highest BCUT2D eigenvalue weighted by molar-refractivity contribution is 6.30. The molecule has 1 saturated heterocycles. The number of ether oxygens (including phenoxy) is 1. The molecule has 2 aromatic rings. The number of anilines is 2. The monoisotopic (exact) mass is 448 g/mol. The third-order valence-electron chi connectivity index (χ3n) is 4.21. The first-order valence-corrected chi connectivity index (χ1v) is 9.55. The van der Waals surface area contributed by atoms with Gasteiger partial charge in [-0.3, -0.25) is 19.3 Å². The van der Waals surface area contributed by atoms with E-state index in [0.717, 1.165) is 11.0 Å². The van der Waals surface area contributed by atoms with Crippen molar-refractivity contribution in [3.05, 3.63) is 53.3 Å². The predicted molar refractivity (Wildman–Crippen MR) is 110 cm³/mol. The number of urea groups is 1. The van der Waals surface area contributed by atoms with Crippen LogP contribution in [0.5, 0.6) is 5.75 Å². The molecule has 0 aromatic heterocycles. The van der Waals surface area contributed by atoms with E-state index in [1.807, 2.05) is 0 Å². The zero-order valence-electron chi connectivity index (χ0n) is 16.1. The molecule has 0 radical (unpaired) electrons. The van der Waals surface area contributed by atoms with Crippen LogP contribution in [0, 0.1) is 5.82 Å². The van der Waals surface area contributed by atoms with Crippen molar-refractivity contribution in [2.24, 2.45) is 0 Å². The largest absolute Gasteiger partial charge is 0.484 e. The van der Waals surface area contributed by atoms with E-state index in [-0.39, 0.29) is 48.7 Å². The molecular formula is C20H18ClFN4O5. The van der Waals surface area contributed by atoms with E-state index in [1.54, 1.807) is 24.3 Å². The van der Waals surface area contributed by atoms with Crippen LogP contribution >= 0.6 is 11.6 Å². The van der Waals surface area contributed by atoms with Crippen LogP contribution in [0.3, 0.4) is 0 Å². The second-order valence-corrected chi connectivity index (χ2v) is 6.90. The second-order valence-electron chi connectivity index (χ2n) is 6.49. The molecule has 11 heteroatoms. The number of carbonyl (C=O) groups excluding carboxylic acids is 4. The Kier molecular flexibility index (Phi) is 7.03. The van der Waals surface area contributed by atoms with E-state index < -0.39 is 17.8 Å². The molecule has 0 atom stereocenters. The summed E-state index contributed by atoms with van der Waals surface area (Å²) < 4.78 is 18.4. The summed E-state index contributed by atoms with van der Waals surface area (Å²) in [6, 6.07) is 9.60. The Labute approximate surface area is 181 Å². The third-order valence-corrected chi connectivity index (χ3v) is 4.50. The summed E-state index contributed by atoms with van der Waals surface area (Å²) in [6.45, 7) is -0.372. The van der Waals surface area contributed by atoms with Crippen LogP contribution in [0.4, 0.5) is 20.6 Å². The van der Waals surface area contributed by atoms with Gasteiger partial charge in [-0.05, 0) is 36.4 Å². The molecule has 3 rings (SSSR count). The van der Waals surface area contributed by atoms with Gasteiger partial charge in [-0.25, -0.2) is 9.18 Å². The molecule has 3 N–H and O–H groups in total. The summed E-state index contributed by atoms with van der Waals surface area (Å²) in [5, 5.41) is 7.53. The predicted octanol–water partition coefficient (Wildman–Crippen LogP) is 2.38. The van der Waals surface area contributed by atoms with Gasteiger partial charge in [0.05, 0.1) is 11.6 Å². The van der Waals surface area contributed by atoms with Crippen LogP contribution in [0.15, 0.2) is 42.5 Å². The lowest BCUT2D eigenvalue weighted by molar-refractivity contribution is -0.125. The molecule has 1 heterocycles. The number of imide groups is 1. The molecular weight excluding hydrogens is 431 g/mol. The summed E-state index contributed by atoms with van der Waals surface area (Å²) in [7, 11) is 0. The second kappa shape index (κ2) is 9.90. The lowest BCUT2D eigenvalue weighted by atomic mass is 10.2. The van der Waals surface area contributed by atoms with Crippen molar-refractivity contribution in [1.82, 2.24) is 10.2 Å². The van der Waals surface area contributed by atoms with Crippen molar-refractivity contribution in [3.63, 3.8) is 0 Å². The first-order valence-electron chi connectivity index (χ1n) is 9.17. The minimum absolute atomic E-state index is 0.0100. The molecule has 162 valence electrons. The zero-order chi connectivity index (χ0) is 22.4. The highest BCUT2D eigenvalue weighted by Crippen LogP contribution is 2.21. The van der Waals surface area contributed by atoms with Gasteiger partial charge < -0.3 is 20.7 Å². The number of hydrogen-bond acceptors (Lipinski definition) is 5. The summed E-state index contributed by atoms with van der Waals surface area (Å²) in [4.78, 5) is 47.9. The Hall–Kier alpha value is -3.66. The van der Waals surface area contributed by atoms with E-state index >= 15 is 0 Å². The van der Waals surface area contributed by atoms with Gasteiger partial charge in [0.1, 0.15) is 11.6 Å². The SMILES string of the molecule is O=C(CCN1C(=O)CNC1=O)Nc1ccc(NC(=O)COc2ccc(F)c(Cl)c2)cc1. The van der Waals surface area contributed by atoms with Gasteiger partial charge in [0.2, 0.25) is 11.8 Å². The summed E-state index contributed by atoms with van der Waals surface area (Å²) in [5.74, 6) is -1.50. The van der Waals surface area contributed by atoms with Gasteiger partial charge in [-0.15, -0.1) is 0 Å². The lowest BCUT2D eigenvalue weighted by Crippen LogP contribution is -2.33. The number of carbonyl (C=O) groups is 4. The first kappa shape index (κ1) is 22.0. The fourth-order valence-corrected chi connectivity index (χ4v) is 2.84. The standard InChI is InChI=1S/C20H18ClFN4O5/c21-15-9-14(5-6-16(15)22)31-11-18(28)25-13-3-1-12(2-4-13)24-17(27)7-8-26-19(29)10-23-20(26)30/h1-6,9H,7-8,10-11H2,(H,23,30)(H,24,27)(H,25,28). The van der Waals surface area contributed by atoms with Crippen molar-refractivity contribution >= 4 is 46.7 Å². The summed E-state index contributed by atoms with van der Waals surface area (Å²) in [5.41, 5.74) is 0.959. The first-order chi connectivity index (χ1) is 14.8. The molecule has 31 heavy (non-hydrogen) atoms. The molecule has 9 nitrogen and oxygen atoms in total. The van der Waals surface area contributed by atoms with Crippen LogP contribution < -0.4 is 20.7 Å². The van der Waals surface area contributed by atoms with Gasteiger partial charge >= 0.3 is 6.03 Å². The topological polar surface area (TPSA) is 117 Å². The number of rotatable bonds is 8. The van der Waals surface area contributed by atoms with Gasteiger partial charge in [0.15, 0.2) is 6.61 Å². The van der Waals surface area contributed by atoms with Crippen molar-refractivity contribution < 1.29 is 28.3 Å². The van der Waals surface area contributed by atoms with Gasteiger partial charge in [-0.2, -0.15) is 0 Å². The third kappa shape index (κ3) is 6.16. The number of nitrogens with zero attached hydrogens (tertiary/aromatic N) is 1. The average Bonchev–Trinajstić information content (AvgIpc) is 3.06. The highest BCUT2D eigenvalue weighted by Gasteiger charge is 2.28. The summed E-state index contributed by atoms with van der Waals surface area (Å²) in [6.07, 6.45) is -0.0393. The maximum atomic E-state index is 13.1. The number of hydrogen-bond donors (Lipinski definition) is 3. The van der Waals surface area contributed by atoms with Crippen LogP contribution in [0.1, 0.15) is 6.42 Å². The van der Waals surface area contributed by atoms with Crippen molar-refractivity contribution in [2.45, 2.75) is 6.42 Å². The fourth-order valence-electron chi connectivity index (χ4n) is 2.67. The normalized spacial score (nSPS) is 13.0. The van der Waals surface area contributed by atoms with Crippen LogP contribution in [-0.2, 0) is 14.4 Å². The Morgan fingerprint density at radius 3 is 2.29 bits per heavy atom. The Morgan fingerprint density at radius 2 is 1.71 bits per heavy atom. The number of nitrogens with one attached hydrogen (secondary N) is 3. The van der Waals surface area contributed by atoms with Gasteiger partial charge in [0, 0.05) is 30.4 Å². The highest BCUT2D eigenvalue weighted by atomic mass is 35.5. The van der Waals surface area contributed by atoms with Crippen molar-refractivity contribution in [3.8, 4) is 5.75 Å². The van der Waals surface area contributed by atoms with E-state index in [2.05, 4.69) is 16.0 Å². The minimum Gasteiger partial charge on any atom is -0.484 e. The zero-order valence-corrected chi connectivity index (χ0v) is 16.9. The maximum Gasteiger partial charge on any atom is 0.324 e. The Balaban J connectivity index is 1.43. The van der Waals surface area contributed by atoms with E-state index in [0.29, 0.717) is 11.4 Å². The molecule has 5 amide bonds. The lowest BCUT2D eigenvalue weighted by Gasteiger charge is -2.12. The van der Waals surface area contributed by atoms with E-state index in [1.165, 1.54) is 12.1 Å². The van der Waals surface area contributed by atoms with Crippen LogP contribution in [-0.4, -0.2) is 48.3 Å². The fraction of sp³-hybridized carbons (Fsp3) is 0.200. The van der Waals surface area contributed by atoms with E-state index in [9.17, 15) is 23.6 Å². The molecule has 1 aliphatic rings. The van der Waals surface area contributed by atoms with Crippen LogP contribution in [0.2, 0.25) is 5.02 Å². The quantitative estimate of drug-likeness (QED) is 0.536. The smallest absolute Gasteiger partial charge is 0.324 e. The minimum atomic E-state index is -0.583. The molecule has 0 bridgehead atoms. The number of benzene rings is 2. The van der Waals surface area contributed by atoms with Gasteiger partial charge in [0.25, 0.3) is 5.91 Å². The van der Waals surface area contributed by atoms with Crippen LogP contribution in [0.25, 0.3) is 0 Å². The molecule has 2 aromatic carbocycles. The molecule has 0 spiro atoms. The molecule has 0 saturated carbocycles.